The molecular weight excluding hydrogens is 356 g/mol. The van der Waals surface area contributed by atoms with Crippen LogP contribution in [-0.2, 0) is 18.9 Å². The zero-order valence-corrected chi connectivity index (χ0v) is 16.6. The van der Waals surface area contributed by atoms with Crippen LogP contribution in [-0.4, -0.2) is 29.0 Å². The van der Waals surface area contributed by atoms with Crippen molar-refractivity contribution in [3.05, 3.63) is 67.5 Å². The molecule has 7 heteroatoms. The van der Waals surface area contributed by atoms with Gasteiger partial charge in [0.1, 0.15) is 5.82 Å². The van der Waals surface area contributed by atoms with Crippen LogP contribution in [0.25, 0.3) is 0 Å². The number of rotatable bonds is 2. The third-order valence-corrected chi connectivity index (χ3v) is 5.75. The summed E-state index contributed by atoms with van der Waals surface area (Å²) in [6, 6.07) is 7.90. The van der Waals surface area contributed by atoms with Gasteiger partial charge in [-0.1, -0.05) is 12.1 Å². The molecule has 1 aliphatic carbocycles. The minimum Gasteiger partial charge on any atom is -0.378 e. The lowest BCUT2D eigenvalue weighted by Gasteiger charge is -2.34. The molecule has 0 saturated carbocycles. The van der Waals surface area contributed by atoms with Gasteiger partial charge >= 0.3 is 5.69 Å². The summed E-state index contributed by atoms with van der Waals surface area (Å²) in [5.41, 5.74) is 3.11. The van der Waals surface area contributed by atoms with Crippen molar-refractivity contribution >= 4 is 17.3 Å². The number of hydrogen-bond acceptors (Lipinski definition) is 5. The maximum Gasteiger partial charge on any atom is 0.332 e. The zero-order chi connectivity index (χ0) is 20.2. The summed E-state index contributed by atoms with van der Waals surface area (Å²) in [5, 5.41) is 3.24. The van der Waals surface area contributed by atoms with Crippen molar-refractivity contribution in [3.8, 4) is 0 Å². The van der Waals surface area contributed by atoms with E-state index in [9.17, 15) is 14.4 Å². The predicted octanol–water partition coefficient (Wildman–Crippen LogP) is 1.71. The lowest BCUT2D eigenvalue weighted by atomic mass is 9.76. The summed E-state index contributed by atoms with van der Waals surface area (Å²) in [6.07, 6.45) is 1.98. The third kappa shape index (κ3) is 2.61. The molecule has 146 valence electrons. The fourth-order valence-electron chi connectivity index (χ4n) is 4.20. The summed E-state index contributed by atoms with van der Waals surface area (Å²) < 4.78 is 2.57. The van der Waals surface area contributed by atoms with E-state index in [1.54, 1.807) is 7.05 Å². The van der Waals surface area contributed by atoms with Crippen molar-refractivity contribution in [2.75, 3.05) is 24.3 Å². The molecule has 1 aromatic carbocycles. The Morgan fingerprint density at radius 1 is 1.00 bits per heavy atom. The maximum atomic E-state index is 13.1. The van der Waals surface area contributed by atoms with Gasteiger partial charge in [-0.15, -0.1) is 0 Å². The molecule has 1 atom stereocenters. The van der Waals surface area contributed by atoms with Crippen LogP contribution in [0.2, 0.25) is 0 Å². The van der Waals surface area contributed by atoms with Gasteiger partial charge in [0.25, 0.3) is 5.56 Å². The molecule has 2 aliphatic rings. The van der Waals surface area contributed by atoms with E-state index in [1.807, 2.05) is 43.3 Å². The number of allylic oxidation sites excluding steroid dienone is 2. The van der Waals surface area contributed by atoms with E-state index in [2.05, 4.69) is 5.32 Å². The first-order valence-electron chi connectivity index (χ1n) is 9.41. The molecule has 0 bridgehead atoms. The molecule has 2 aromatic rings. The highest BCUT2D eigenvalue weighted by atomic mass is 16.2. The smallest absolute Gasteiger partial charge is 0.332 e. The highest BCUT2D eigenvalue weighted by Crippen LogP contribution is 2.43. The number of aromatic nitrogens is 2. The number of benzene rings is 1. The Bertz CT molecular complexity index is 1120. The van der Waals surface area contributed by atoms with Gasteiger partial charge in [0.15, 0.2) is 5.78 Å². The summed E-state index contributed by atoms with van der Waals surface area (Å²) in [6.45, 7) is 0. The fourth-order valence-corrected chi connectivity index (χ4v) is 4.20. The van der Waals surface area contributed by atoms with Crippen LogP contribution in [0.3, 0.4) is 0 Å². The summed E-state index contributed by atoms with van der Waals surface area (Å²) >= 11 is 0. The first-order chi connectivity index (χ1) is 13.3. The van der Waals surface area contributed by atoms with Crippen LogP contribution in [0, 0.1) is 0 Å². The second-order valence-electron chi connectivity index (χ2n) is 7.68. The third-order valence-electron chi connectivity index (χ3n) is 5.75. The van der Waals surface area contributed by atoms with Gasteiger partial charge in [0, 0.05) is 57.5 Å². The van der Waals surface area contributed by atoms with Gasteiger partial charge < -0.3 is 10.2 Å². The minimum atomic E-state index is -0.472. The van der Waals surface area contributed by atoms with Gasteiger partial charge in [0.2, 0.25) is 0 Å². The van der Waals surface area contributed by atoms with Gasteiger partial charge in [-0.25, -0.2) is 4.79 Å². The van der Waals surface area contributed by atoms with Crippen LogP contribution >= 0.6 is 0 Å². The molecule has 1 aliphatic heterocycles. The molecule has 0 amide bonds. The predicted molar refractivity (Wildman–Crippen MR) is 109 cm³/mol. The summed E-state index contributed by atoms with van der Waals surface area (Å²) in [7, 11) is 7.05. The van der Waals surface area contributed by atoms with Gasteiger partial charge in [0.05, 0.1) is 5.56 Å². The van der Waals surface area contributed by atoms with Crippen molar-refractivity contribution in [1.29, 1.82) is 0 Å². The number of nitrogens with zero attached hydrogens (tertiary/aromatic N) is 3. The Labute approximate surface area is 162 Å². The molecule has 0 radical (unpaired) electrons. The number of fused-ring (bicyclic) bond motifs is 1. The van der Waals surface area contributed by atoms with Gasteiger partial charge in [-0.3, -0.25) is 18.7 Å². The van der Waals surface area contributed by atoms with Crippen molar-refractivity contribution in [2.45, 2.75) is 25.2 Å². The summed E-state index contributed by atoms with van der Waals surface area (Å²) in [4.78, 5) is 40.4. The Morgan fingerprint density at radius 2 is 1.68 bits per heavy atom. The Morgan fingerprint density at radius 3 is 2.32 bits per heavy atom. The zero-order valence-electron chi connectivity index (χ0n) is 16.6. The number of anilines is 2. The lowest BCUT2D eigenvalue weighted by molar-refractivity contribution is -0.116. The van der Waals surface area contributed by atoms with E-state index in [0.717, 1.165) is 34.4 Å². The van der Waals surface area contributed by atoms with E-state index in [-0.39, 0.29) is 17.0 Å². The number of Topliss-reactive ketones (excluding diaryl/α,β-unsaturated/α-hetero) is 1. The molecular formula is C21H24N4O3. The van der Waals surface area contributed by atoms with Gasteiger partial charge in [-0.2, -0.15) is 0 Å². The largest absolute Gasteiger partial charge is 0.378 e. The van der Waals surface area contributed by atoms with Crippen LogP contribution in [0.1, 0.15) is 36.3 Å². The van der Waals surface area contributed by atoms with E-state index >= 15 is 0 Å². The average molecular weight is 380 g/mol. The van der Waals surface area contributed by atoms with E-state index in [0.29, 0.717) is 23.4 Å². The number of carbonyl (C=O) groups is 1. The number of nitrogens with one attached hydrogen (secondary N) is 1. The van der Waals surface area contributed by atoms with E-state index < -0.39 is 5.92 Å². The molecule has 1 aromatic heterocycles. The number of carbonyl (C=O) groups excluding carboxylic acids is 1. The average Bonchev–Trinajstić information content (AvgIpc) is 2.69. The SMILES string of the molecule is CN(C)c1ccc(C2C3=C(CCCC3=O)Nc3c2c(=O)n(C)c(=O)n3C)cc1. The van der Waals surface area contributed by atoms with Crippen molar-refractivity contribution in [2.24, 2.45) is 14.1 Å². The number of ketones is 1. The normalized spacial score (nSPS) is 18.4. The van der Waals surface area contributed by atoms with Crippen molar-refractivity contribution in [3.63, 3.8) is 0 Å². The van der Waals surface area contributed by atoms with Crippen molar-refractivity contribution < 1.29 is 4.79 Å². The van der Waals surface area contributed by atoms with E-state index in [1.165, 1.54) is 11.6 Å². The van der Waals surface area contributed by atoms with Crippen LogP contribution in [0.5, 0.6) is 0 Å². The molecule has 0 saturated heterocycles. The second kappa shape index (κ2) is 6.51. The first kappa shape index (κ1) is 18.3. The molecule has 4 rings (SSSR count). The highest BCUT2D eigenvalue weighted by Gasteiger charge is 2.38. The molecule has 1 unspecified atom stereocenters. The molecule has 1 N–H and O–H groups in total. The van der Waals surface area contributed by atoms with Gasteiger partial charge in [-0.05, 0) is 30.5 Å². The van der Waals surface area contributed by atoms with Crippen LogP contribution < -0.4 is 21.5 Å². The monoisotopic (exact) mass is 380 g/mol. The fraction of sp³-hybridized carbons (Fsp3) is 0.381. The number of hydrogen-bond donors (Lipinski definition) is 1. The second-order valence-corrected chi connectivity index (χ2v) is 7.68. The Hall–Kier alpha value is -3.09. The highest BCUT2D eigenvalue weighted by molar-refractivity contribution is 6.00. The Balaban J connectivity index is 2.02. The van der Waals surface area contributed by atoms with Crippen LogP contribution in [0.15, 0.2) is 45.1 Å². The minimum absolute atomic E-state index is 0.0667. The molecule has 2 heterocycles. The quantitative estimate of drug-likeness (QED) is 0.859. The molecule has 0 spiro atoms. The Kier molecular flexibility index (Phi) is 4.25. The first-order valence-corrected chi connectivity index (χ1v) is 9.41. The van der Waals surface area contributed by atoms with E-state index in [4.69, 9.17) is 0 Å². The lowest BCUT2D eigenvalue weighted by Crippen LogP contribution is -2.44. The van der Waals surface area contributed by atoms with Crippen molar-refractivity contribution in [1.82, 2.24) is 9.13 Å². The molecule has 0 fully saturated rings. The maximum absolute atomic E-state index is 13.1. The topological polar surface area (TPSA) is 76.3 Å². The molecule has 28 heavy (non-hydrogen) atoms. The van der Waals surface area contributed by atoms with Crippen LogP contribution in [0.4, 0.5) is 11.5 Å². The summed E-state index contributed by atoms with van der Waals surface area (Å²) in [5.74, 6) is 0.0843. The standard InChI is InChI=1S/C21H24N4O3/c1-23(2)13-10-8-12(9-11-13)16-17-14(6-5-7-15(17)26)22-19-18(16)20(27)25(4)21(28)24(19)3/h8-11,16,22H,5-7H2,1-4H3. The molecule has 7 nitrogen and oxygen atoms in total.